The summed E-state index contributed by atoms with van der Waals surface area (Å²) >= 11 is 0. The van der Waals surface area contributed by atoms with E-state index in [2.05, 4.69) is 65.6 Å². The highest BCUT2D eigenvalue weighted by Crippen LogP contribution is 2.21. The Morgan fingerprint density at radius 2 is 1.64 bits per heavy atom. The average Bonchev–Trinajstić information content (AvgIpc) is 2.89. The molecule has 0 amide bonds. The van der Waals surface area contributed by atoms with E-state index in [1.54, 1.807) is 0 Å². The van der Waals surface area contributed by atoms with Crippen LogP contribution in [0.2, 0.25) is 0 Å². The van der Waals surface area contributed by atoms with Gasteiger partial charge in [0.1, 0.15) is 11.5 Å². The van der Waals surface area contributed by atoms with E-state index in [0.717, 1.165) is 23.0 Å². The van der Waals surface area contributed by atoms with E-state index < -0.39 is 0 Å². The number of pyridine rings is 2. The van der Waals surface area contributed by atoms with Crippen LogP contribution in [0.3, 0.4) is 0 Å². The Morgan fingerprint density at radius 1 is 0.864 bits per heavy atom. The molecule has 0 bridgehead atoms. The zero-order chi connectivity index (χ0) is 15.7. The molecule has 3 rings (SSSR count). The first kappa shape index (κ1) is 14.6. The summed E-state index contributed by atoms with van der Waals surface area (Å²) in [4.78, 5) is 9.27. The molecule has 4 heteroatoms. The normalized spacial score (nSPS) is 11.5. The van der Waals surface area contributed by atoms with E-state index in [1.807, 2.05) is 24.4 Å². The monoisotopic (exact) mass is 294 g/mol. The molecule has 3 heterocycles. The van der Waals surface area contributed by atoms with E-state index in [0.29, 0.717) is 11.8 Å². The Bertz CT molecular complexity index is 787. The lowest BCUT2D eigenvalue weighted by Gasteiger charge is -2.08. The summed E-state index contributed by atoms with van der Waals surface area (Å²) in [6.07, 6.45) is 2.04. The van der Waals surface area contributed by atoms with Crippen molar-refractivity contribution in [3.8, 4) is 0 Å². The lowest BCUT2D eigenvalue weighted by Crippen LogP contribution is -1.98. The highest BCUT2D eigenvalue weighted by molar-refractivity contribution is 5.57. The first-order valence-corrected chi connectivity index (χ1v) is 7.76. The minimum atomic E-state index is 0.412. The number of fused-ring (bicyclic) bond motifs is 1. The molecule has 114 valence electrons. The van der Waals surface area contributed by atoms with Crippen LogP contribution in [0.5, 0.6) is 0 Å². The molecule has 4 nitrogen and oxygen atoms in total. The third-order valence-electron chi connectivity index (χ3n) is 3.73. The summed E-state index contributed by atoms with van der Waals surface area (Å²) < 4.78 is 2.14. The Hall–Kier alpha value is -2.36. The molecule has 0 atom stereocenters. The molecular weight excluding hydrogens is 272 g/mol. The molecule has 0 fully saturated rings. The van der Waals surface area contributed by atoms with Gasteiger partial charge in [-0.3, -0.25) is 0 Å². The van der Waals surface area contributed by atoms with E-state index in [4.69, 9.17) is 0 Å². The van der Waals surface area contributed by atoms with E-state index in [-0.39, 0.29) is 0 Å². The van der Waals surface area contributed by atoms with Gasteiger partial charge in [-0.25, -0.2) is 9.97 Å². The largest absolute Gasteiger partial charge is 0.324 e. The third-order valence-corrected chi connectivity index (χ3v) is 3.73. The van der Waals surface area contributed by atoms with Crippen molar-refractivity contribution in [2.24, 2.45) is 0 Å². The van der Waals surface area contributed by atoms with Gasteiger partial charge in [0.25, 0.3) is 0 Å². The zero-order valence-corrected chi connectivity index (χ0v) is 13.5. The van der Waals surface area contributed by atoms with Gasteiger partial charge in [0.15, 0.2) is 5.82 Å². The fraction of sp³-hybridized carbons (Fsp3) is 0.333. The second-order valence-electron chi connectivity index (χ2n) is 6.19. The molecule has 0 aromatic carbocycles. The van der Waals surface area contributed by atoms with Crippen molar-refractivity contribution in [2.75, 3.05) is 5.32 Å². The lowest BCUT2D eigenvalue weighted by atomic mass is 10.1. The van der Waals surface area contributed by atoms with Gasteiger partial charge in [-0.2, -0.15) is 0 Å². The van der Waals surface area contributed by atoms with Crippen LogP contribution in [-0.4, -0.2) is 14.4 Å². The van der Waals surface area contributed by atoms with Gasteiger partial charge in [0.2, 0.25) is 0 Å². The predicted octanol–water partition coefficient (Wildman–Crippen LogP) is 4.72. The number of imidazole rings is 1. The number of nitrogens with one attached hydrogen (secondary N) is 1. The fourth-order valence-corrected chi connectivity index (χ4v) is 2.54. The van der Waals surface area contributed by atoms with E-state index in [9.17, 15) is 0 Å². The van der Waals surface area contributed by atoms with Gasteiger partial charge in [0, 0.05) is 11.4 Å². The van der Waals surface area contributed by atoms with Crippen molar-refractivity contribution in [1.29, 1.82) is 0 Å². The summed E-state index contributed by atoms with van der Waals surface area (Å²) in [5, 5.41) is 3.31. The smallest absolute Gasteiger partial charge is 0.150 e. The molecule has 0 aliphatic heterocycles. The van der Waals surface area contributed by atoms with Gasteiger partial charge in [-0.05, 0) is 36.1 Å². The first-order valence-electron chi connectivity index (χ1n) is 7.76. The standard InChI is InChI=1S/C18H22N4/c1-12(2)14-7-5-9-16(19-14)20-17-11-22-15(13(3)4)8-6-10-18(22)21-17/h5-13H,1-4H3,(H,19,20). The number of nitrogens with zero attached hydrogens (tertiary/aromatic N) is 3. The summed E-state index contributed by atoms with van der Waals surface area (Å²) in [6.45, 7) is 8.67. The highest BCUT2D eigenvalue weighted by atomic mass is 15.1. The van der Waals surface area contributed by atoms with Crippen LogP contribution in [0, 0.1) is 0 Å². The van der Waals surface area contributed by atoms with Crippen LogP contribution in [0.25, 0.3) is 5.65 Å². The maximum atomic E-state index is 4.64. The fourth-order valence-electron chi connectivity index (χ4n) is 2.54. The molecule has 22 heavy (non-hydrogen) atoms. The Labute approximate surface area is 131 Å². The summed E-state index contributed by atoms with van der Waals surface area (Å²) in [6, 6.07) is 12.3. The van der Waals surface area contributed by atoms with E-state index in [1.165, 1.54) is 5.69 Å². The van der Waals surface area contributed by atoms with Crippen LogP contribution in [0.4, 0.5) is 11.6 Å². The molecule has 3 aromatic heterocycles. The van der Waals surface area contributed by atoms with Gasteiger partial charge < -0.3 is 9.72 Å². The van der Waals surface area contributed by atoms with Gasteiger partial charge in [-0.1, -0.05) is 39.8 Å². The zero-order valence-electron chi connectivity index (χ0n) is 13.5. The van der Waals surface area contributed by atoms with Crippen molar-refractivity contribution in [3.63, 3.8) is 0 Å². The number of aromatic nitrogens is 3. The maximum absolute atomic E-state index is 4.64. The van der Waals surface area contributed by atoms with Crippen LogP contribution in [-0.2, 0) is 0 Å². The summed E-state index contributed by atoms with van der Waals surface area (Å²) in [7, 11) is 0. The molecule has 0 aliphatic carbocycles. The Balaban J connectivity index is 1.94. The second kappa shape index (κ2) is 5.79. The van der Waals surface area contributed by atoms with E-state index >= 15 is 0 Å². The lowest BCUT2D eigenvalue weighted by molar-refractivity contribution is 0.801. The molecule has 0 spiro atoms. The number of anilines is 2. The minimum absolute atomic E-state index is 0.412. The van der Waals surface area contributed by atoms with Gasteiger partial charge in [-0.15, -0.1) is 0 Å². The number of hydrogen-bond donors (Lipinski definition) is 1. The molecule has 0 unspecified atom stereocenters. The average molecular weight is 294 g/mol. The quantitative estimate of drug-likeness (QED) is 0.757. The van der Waals surface area contributed by atoms with Gasteiger partial charge in [0.05, 0.1) is 6.20 Å². The Morgan fingerprint density at radius 3 is 2.36 bits per heavy atom. The Kier molecular flexibility index (Phi) is 3.84. The van der Waals surface area contributed by atoms with Crippen LogP contribution >= 0.6 is 0 Å². The van der Waals surface area contributed by atoms with Crippen molar-refractivity contribution >= 4 is 17.3 Å². The molecule has 0 radical (unpaired) electrons. The number of rotatable bonds is 4. The highest BCUT2D eigenvalue weighted by Gasteiger charge is 2.09. The van der Waals surface area contributed by atoms with Crippen LogP contribution in [0.15, 0.2) is 42.6 Å². The molecule has 3 aromatic rings. The maximum Gasteiger partial charge on any atom is 0.150 e. The molecule has 0 aliphatic rings. The minimum Gasteiger partial charge on any atom is -0.324 e. The number of hydrogen-bond acceptors (Lipinski definition) is 3. The SMILES string of the molecule is CC(C)c1cccc(Nc2cn3c(C(C)C)cccc3n2)n1. The predicted molar refractivity (Wildman–Crippen MR) is 90.9 cm³/mol. The molecule has 0 saturated heterocycles. The first-order chi connectivity index (χ1) is 10.5. The molecule has 0 saturated carbocycles. The van der Waals surface area contributed by atoms with Crippen LogP contribution < -0.4 is 5.32 Å². The van der Waals surface area contributed by atoms with Crippen molar-refractivity contribution in [2.45, 2.75) is 39.5 Å². The topological polar surface area (TPSA) is 42.2 Å². The third kappa shape index (κ3) is 2.82. The van der Waals surface area contributed by atoms with Crippen molar-refractivity contribution < 1.29 is 0 Å². The van der Waals surface area contributed by atoms with Crippen molar-refractivity contribution in [1.82, 2.24) is 14.4 Å². The summed E-state index contributed by atoms with van der Waals surface area (Å²) in [5.74, 6) is 2.52. The molecule has 1 N–H and O–H groups in total. The van der Waals surface area contributed by atoms with Crippen molar-refractivity contribution in [3.05, 3.63) is 54.0 Å². The summed E-state index contributed by atoms with van der Waals surface area (Å²) in [5.41, 5.74) is 3.28. The molecular formula is C18H22N4. The van der Waals surface area contributed by atoms with Crippen LogP contribution in [0.1, 0.15) is 50.9 Å². The van der Waals surface area contributed by atoms with Gasteiger partial charge >= 0.3 is 0 Å². The second-order valence-corrected chi connectivity index (χ2v) is 6.19.